The predicted molar refractivity (Wildman–Crippen MR) is 61.6 cm³/mol. The highest BCUT2D eigenvalue weighted by molar-refractivity contribution is 5.48. The van der Waals surface area contributed by atoms with E-state index in [1.54, 1.807) is 0 Å². The van der Waals surface area contributed by atoms with Crippen molar-refractivity contribution in [2.75, 3.05) is 0 Å². The number of rotatable bonds is 1. The van der Waals surface area contributed by atoms with Gasteiger partial charge in [-0.25, -0.2) is 9.78 Å². The van der Waals surface area contributed by atoms with Crippen molar-refractivity contribution in [3.05, 3.63) is 47.5 Å². The summed E-state index contributed by atoms with van der Waals surface area (Å²) < 4.78 is 0. The highest BCUT2D eigenvalue weighted by Crippen LogP contribution is 2.51. The molecule has 3 atom stereocenters. The molecule has 0 spiro atoms. The molecular formula is C14H13NO2. The van der Waals surface area contributed by atoms with Crippen LogP contribution in [0.15, 0.2) is 36.4 Å². The zero-order valence-corrected chi connectivity index (χ0v) is 9.81. The zero-order chi connectivity index (χ0) is 12.1. The van der Waals surface area contributed by atoms with Crippen LogP contribution in [-0.2, 0) is 21.0 Å². The maximum atomic E-state index is 9.17. The predicted octanol–water partition coefficient (Wildman–Crippen LogP) is 2.79. The van der Waals surface area contributed by atoms with Crippen molar-refractivity contribution in [3.8, 4) is 6.07 Å². The van der Waals surface area contributed by atoms with Crippen LogP contribution in [0.25, 0.3) is 0 Å². The van der Waals surface area contributed by atoms with Gasteiger partial charge >= 0.3 is 0 Å². The van der Waals surface area contributed by atoms with E-state index in [0.29, 0.717) is 0 Å². The lowest BCUT2D eigenvalue weighted by Crippen LogP contribution is -2.48. The minimum Gasteiger partial charge on any atom is -0.220 e. The Kier molecular flexibility index (Phi) is 1.97. The second kappa shape index (κ2) is 3.19. The fraction of sp³-hybridized carbons (Fsp3) is 0.357. The smallest absolute Gasteiger partial charge is 0.163 e. The van der Waals surface area contributed by atoms with Crippen LogP contribution < -0.4 is 0 Å². The summed E-state index contributed by atoms with van der Waals surface area (Å²) >= 11 is 0. The van der Waals surface area contributed by atoms with Gasteiger partial charge < -0.3 is 0 Å². The molecule has 3 nitrogen and oxygen atoms in total. The van der Waals surface area contributed by atoms with Crippen LogP contribution in [0.1, 0.15) is 25.0 Å². The monoisotopic (exact) mass is 227 g/mol. The average Bonchev–Trinajstić information content (AvgIpc) is 2.39. The quantitative estimate of drug-likeness (QED) is 0.547. The Balaban J connectivity index is 2.28. The third-order valence-electron chi connectivity index (χ3n) is 3.72. The first-order valence-corrected chi connectivity index (χ1v) is 5.69. The largest absolute Gasteiger partial charge is 0.220 e. The lowest BCUT2D eigenvalue weighted by atomic mass is 9.71. The first-order chi connectivity index (χ1) is 8.12. The van der Waals surface area contributed by atoms with Crippen LogP contribution >= 0.6 is 0 Å². The van der Waals surface area contributed by atoms with E-state index in [9.17, 15) is 5.26 Å². The van der Waals surface area contributed by atoms with Crippen molar-refractivity contribution in [1.29, 1.82) is 5.26 Å². The third kappa shape index (κ3) is 1.17. The minimum atomic E-state index is -0.761. The van der Waals surface area contributed by atoms with Crippen LogP contribution in [-0.4, -0.2) is 0 Å². The normalized spacial score (nSPS) is 35.1. The maximum Gasteiger partial charge on any atom is 0.163 e. The molecular weight excluding hydrogens is 214 g/mol. The second-order valence-electron chi connectivity index (χ2n) is 4.80. The van der Waals surface area contributed by atoms with Crippen molar-refractivity contribution >= 4 is 0 Å². The summed E-state index contributed by atoms with van der Waals surface area (Å²) in [6, 6.07) is 10.2. The Morgan fingerprint density at radius 1 is 1.18 bits per heavy atom. The van der Waals surface area contributed by atoms with Gasteiger partial charge in [0.2, 0.25) is 0 Å². The molecule has 0 aromatic heterocycles. The SMILES string of the molecule is C[C@@H](C#N)[C@@]12C=C[C@@](C)(OO1)c1ccccc12. The number of hydrogen-bond donors (Lipinski definition) is 0. The zero-order valence-electron chi connectivity index (χ0n) is 9.81. The molecule has 0 unspecified atom stereocenters. The molecule has 4 rings (SSSR count). The molecule has 86 valence electrons. The molecule has 0 fully saturated rings. The first-order valence-electron chi connectivity index (χ1n) is 5.69. The Morgan fingerprint density at radius 2 is 1.88 bits per heavy atom. The number of hydrogen-bond acceptors (Lipinski definition) is 3. The maximum absolute atomic E-state index is 9.17. The van der Waals surface area contributed by atoms with Gasteiger partial charge in [-0.15, -0.1) is 0 Å². The lowest BCUT2D eigenvalue weighted by Gasteiger charge is -2.47. The highest BCUT2D eigenvalue weighted by Gasteiger charge is 2.52. The van der Waals surface area contributed by atoms with Gasteiger partial charge in [0.05, 0.1) is 12.0 Å². The van der Waals surface area contributed by atoms with Gasteiger partial charge in [-0.05, 0) is 37.1 Å². The summed E-state index contributed by atoms with van der Waals surface area (Å²) in [6.07, 6.45) is 3.93. The standard InChI is InChI=1S/C14H13NO2/c1-10(9-15)14-8-7-13(2,16-17-14)11-5-3-4-6-12(11)14/h3-8,10H,1-2H3/t10-,13+,14+/m0/s1. The highest BCUT2D eigenvalue weighted by atomic mass is 17.2. The molecule has 2 aliphatic heterocycles. The van der Waals surface area contributed by atoms with E-state index >= 15 is 0 Å². The number of nitriles is 1. The minimum absolute atomic E-state index is 0.301. The summed E-state index contributed by atoms with van der Waals surface area (Å²) in [5.74, 6) is -0.301. The van der Waals surface area contributed by atoms with Crippen molar-refractivity contribution in [2.45, 2.75) is 25.0 Å². The van der Waals surface area contributed by atoms with E-state index in [0.717, 1.165) is 11.1 Å². The Hall–Kier alpha value is -1.63. The van der Waals surface area contributed by atoms with Crippen LogP contribution in [0.4, 0.5) is 0 Å². The molecule has 1 aromatic rings. The van der Waals surface area contributed by atoms with E-state index in [1.165, 1.54) is 0 Å². The number of nitrogens with zero attached hydrogens (tertiary/aromatic N) is 1. The van der Waals surface area contributed by atoms with Crippen molar-refractivity contribution in [1.82, 2.24) is 0 Å². The van der Waals surface area contributed by atoms with Crippen LogP contribution in [0, 0.1) is 17.2 Å². The molecule has 3 aliphatic rings. The molecule has 2 heterocycles. The summed E-state index contributed by atoms with van der Waals surface area (Å²) in [4.78, 5) is 11.0. The van der Waals surface area contributed by atoms with E-state index in [-0.39, 0.29) is 5.92 Å². The number of benzene rings is 1. The molecule has 1 aromatic carbocycles. The van der Waals surface area contributed by atoms with Gasteiger partial charge in [0.15, 0.2) is 5.60 Å². The van der Waals surface area contributed by atoms with Gasteiger partial charge in [-0.2, -0.15) is 5.26 Å². The first kappa shape index (κ1) is 10.5. The van der Waals surface area contributed by atoms with Crippen molar-refractivity contribution < 1.29 is 9.78 Å². The fourth-order valence-electron chi connectivity index (χ4n) is 2.57. The van der Waals surface area contributed by atoms with Gasteiger partial charge in [0, 0.05) is 0 Å². The summed E-state index contributed by atoms with van der Waals surface area (Å²) in [5.41, 5.74) is 0.817. The van der Waals surface area contributed by atoms with Crippen LogP contribution in [0.3, 0.4) is 0 Å². The van der Waals surface area contributed by atoms with Crippen molar-refractivity contribution in [2.24, 2.45) is 5.92 Å². The molecule has 1 aliphatic carbocycles. The van der Waals surface area contributed by atoms with Crippen LogP contribution in [0.5, 0.6) is 0 Å². The van der Waals surface area contributed by atoms with Crippen LogP contribution in [0.2, 0.25) is 0 Å². The van der Waals surface area contributed by atoms with E-state index in [1.807, 2.05) is 50.3 Å². The molecule has 0 radical (unpaired) electrons. The van der Waals surface area contributed by atoms with Gasteiger partial charge in [0.25, 0.3) is 0 Å². The molecule has 17 heavy (non-hydrogen) atoms. The van der Waals surface area contributed by atoms with Gasteiger partial charge in [-0.1, -0.05) is 24.3 Å². The fourth-order valence-corrected chi connectivity index (χ4v) is 2.57. The van der Waals surface area contributed by atoms with E-state index in [2.05, 4.69) is 6.07 Å². The second-order valence-corrected chi connectivity index (χ2v) is 4.80. The van der Waals surface area contributed by atoms with E-state index < -0.39 is 11.2 Å². The third-order valence-corrected chi connectivity index (χ3v) is 3.72. The lowest BCUT2D eigenvalue weighted by molar-refractivity contribution is -0.425. The Morgan fingerprint density at radius 3 is 2.47 bits per heavy atom. The molecule has 2 bridgehead atoms. The Bertz CT molecular complexity index is 545. The van der Waals surface area contributed by atoms with Gasteiger partial charge in [-0.3, -0.25) is 0 Å². The summed E-state index contributed by atoms with van der Waals surface area (Å²) in [5, 5.41) is 9.17. The molecule has 0 saturated heterocycles. The summed E-state index contributed by atoms with van der Waals surface area (Å²) in [6.45, 7) is 3.81. The van der Waals surface area contributed by atoms with Crippen molar-refractivity contribution in [3.63, 3.8) is 0 Å². The number of fused-ring (bicyclic) bond motifs is 1. The molecule has 0 saturated carbocycles. The average molecular weight is 227 g/mol. The summed E-state index contributed by atoms with van der Waals surface area (Å²) in [7, 11) is 0. The molecule has 0 N–H and O–H groups in total. The topological polar surface area (TPSA) is 42.2 Å². The van der Waals surface area contributed by atoms with Gasteiger partial charge in [0.1, 0.15) is 5.60 Å². The van der Waals surface area contributed by atoms with E-state index in [4.69, 9.17) is 9.78 Å². The molecule has 3 heteroatoms. The Labute approximate surface area is 100 Å². The molecule has 0 amide bonds.